The number of fused-ring (bicyclic) bond motifs is 2. The van der Waals surface area contributed by atoms with Crippen LogP contribution in [0.2, 0.25) is 0 Å². The van der Waals surface area contributed by atoms with E-state index >= 15 is 0 Å². The summed E-state index contributed by atoms with van der Waals surface area (Å²) in [5, 5.41) is 0. The van der Waals surface area contributed by atoms with Gasteiger partial charge in [-0.25, -0.2) is 0 Å². The van der Waals surface area contributed by atoms with Gasteiger partial charge in [0.15, 0.2) is 0 Å². The van der Waals surface area contributed by atoms with Crippen LogP contribution in [-0.4, -0.2) is 79.1 Å². The molecule has 3 heterocycles. The Bertz CT molecular complexity index is 334. The highest BCUT2D eigenvalue weighted by molar-refractivity contribution is 5.07. The monoisotopic (exact) mass is 280 g/mol. The van der Waals surface area contributed by atoms with Crippen molar-refractivity contribution in [2.24, 2.45) is 11.7 Å². The van der Waals surface area contributed by atoms with E-state index in [1.165, 1.54) is 65.0 Å². The Morgan fingerprint density at radius 2 is 2.00 bits per heavy atom. The maximum absolute atomic E-state index is 6.38. The topological polar surface area (TPSA) is 35.7 Å². The molecule has 4 unspecified atom stereocenters. The Labute approximate surface area is 124 Å². The van der Waals surface area contributed by atoms with Gasteiger partial charge < -0.3 is 15.5 Å². The Morgan fingerprint density at radius 3 is 2.75 bits per heavy atom. The van der Waals surface area contributed by atoms with Crippen LogP contribution in [0.1, 0.15) is 32.6 Å². The van der Waals surface area contributed by atoms with E-state index in [0.717, 1.165) is 12.5 Å². The smallest absolute Gasteiger partial charge is 0.0388 e. The van der Waals surface area contributed by atoms with Crippen LogP contribution in [0, 0.1) is 5.92 Å². The molecule has 3 aliphatic heterocycles. The molecule has 4 heteroatoms. The first-order valence-electron chi connectivity index (χ1n) is 8.57. The molecule has 0 saturated carbocycles. The van der Waals surface area contributed by atoms with E-state index in [0.29, 0.717) is 11.6 Å². The normalized spacial score (nSPS) is 43.6. The molecule has 3 rings (SSSR count). The number of piperidine rings is 1. The van der Waals surface area contributed by atoms with Gasteiger partial charge in [-0.1, -0.05) is 6.92 Å². The molecule has 116 valence electrons. The molecule has 4 nitrogen and oxygen atoms in total. The van der Waals surface area contributed by atoms with Crippen molar-refractivity contribution < 1.29 is 0 Å². The molecule has 0 radical (unpaired) electrons. The van der Waals surface area contributed by atoms with E-state index < -0.39 is 0 Å². The molecular weight excluding hydrogens is 248 g/mol. The first kappa shape index (κ1) is 14.8. The quantitative estimate of drug-likeness (QED) is 0.830. The molecule has 3 fully saturated rings. The number of hydrogen-bond donors (Lipinski definition) is 1. The molecular formula is C16H32N4. The van der Waals surface area contributed by atoms with Crippen LogP contribution < -0.4 is 5.73 Å². The minimum absolute atomic E-state index is 0.291. The van der Waals surface area contributed by atoms with E-state index in [1.807, 2.05) is 0 Å². The molecule has 20 heavy (non-hydrogen) atoms. The molecule has 0 spiro atoms. The van der Waals surface area contributed by atoms with Gasteiger partial charge in [0.2, 0.25) is 0 Å². The summed E-state index contributed by atoms with van der Waals surface area (Å²) < 4.78 is 0. The fourth-order valence-corrected chi connectivity index (χ4v) is 4.97. The minimum Gasteiger partial charge on any atom is -0.329 e. The van der Waals surface area contributed by atoms with Crippen molar-refractivity contribution in [3.05, 3.63) is 0 Å². The van der Waals surface area contributed by atoms with Crippen LogP contribution in [-0.2, 0) is 0 Å². The average Bonchev–Trinajstić information content (AvgIpc) is 2.76. The second-order valence-electron chi connectivity index (χ2n) is 7.22. The summed E-state index contributed by atoms with van der Waals surface area (Å²) in [6.07, 6.45) is 5.20. The fraction of sp³-hybridized carbons (Fsp3) is 1.00. The second kappa shape index (κ2) is 5.91. The van der Waals surface area contributed by atoms with E-state index in [4.69, 9.17) is 5.73 Å². The largest absolute Gasteiger partial charge is 0.329 e. The average molecular weight is 280 g/mol. The first-order valence-corrected chi connectivity index (χ1v) is 8.57. The summed E-state index contributed by atoms with van der Waals surface area (Å²) in [6.45, 7) is 10.8. The lowest BCUT2D eigenvalue weighted by atomic mass is 9.76. The van der Waals surface area contributed by atoms with Gasteiger partial charge in [0.05, 0.1) is 0 Å². The lowest BCUT2D eigenvalue weighted by Gasteiger charge is -2.52. The molecule has 2 bridgehead atoms. The van der Waals surface area contributed by atoms with Gasteiger partial charge in [0.1, 0.15) is 0 Å². The molecule has 3 saturated heterocycles. The summed E-state index contributed by atoms with van der Waals surface area (Å²) in [5.41, 5.74) is 6.67. The number of nitrogens with two attached hydrogens (primary N) is 1. The Kier molecular flexibility index (Phi) is 4.37. The summed E-state index contributed by atoms with van der Waals surface area (Å²) in [5.74, 6) is 0.804. The van der Waals surface area contributed by atoms with Crippen molar-refractivity contribution in [1.29, 1.82) is 0 Å². The lowest BCUT2D eigenvalue weighted by molar-refractivity contribution is -0.0213. The van der Waals surface area contributed by atoms with Crippen molar-refractivity contribution in [3.8, 4) is 0 Å². The molecule has 0 aromatic rings. The van der Waals surface area contributed by atoms with Crippen molar-refractivity contribution in [2.45, 2.75) is 44.2 Å². The van der Waals surface area contributed by atoms with Gasteiger partial charge >= 0.3 is 0 Å². The molecule has 0 amide bonds. The lowest BCUT2D eigenvalue weighted by Crippen LogP contribution is -2.65. The molecule has 2 N–H and O–H groups in total. The number of nitrogens with zero attached hydrogens (tertiary/aromatic N) is 3. The zero-order chi connectivity index (χ0) is 14.2. The zero-order valence-corrected chi connectivity index (χ0v) is 13.4. The third kappa shape index (κ3) is 2.41. The van der Waals surface area contributed by atoms with Crippen LogP contribution >= 0.6 is 0 Å². The molecule has 0 aliphatic carbocycles. The maximum atomic E-state index is 6.38. The summed E-state index contributed by atoms with van der Waals surface area (Å²) >= 11 is 0. The molecule has 4 atom stereocenters. The Balaban J connectivity index is 1.86. The Hall–Kier alpha value is -0.160. The second-order valence-corrected chi connectivity index (χ2v) is 7.22. The summed E-state index contributed by atoms with van der Waals surface area (Å²) in [4.78, 5) is 8.01. The highest BCUT2D eigenvalue weighted by Gasteiger charge is 2.50. The van der Waals surface area contributed by atoms with Gasteiger partial charge in [-0.3, -0.25) is 4.90 Å². The van der Waals surface area contributed by atoms with E-state index in [9.17, 15) is 0 Å². The van der Waals surface area contributed by atoms with Gasteiger partial charge in [0, 0.05) is 37.8 Å². The number of rotatable bonds is 3. The van der Waals surface area contributed by atoms with Crippen LogP contribution in [0.4, 0.5) is 0 Å². The van der Waals surface area contributed by atoms with Crippen molar-refractivity contribution in [2.75, 3.05) is 52.9 Å². The zero-order valence-electron chi connectivity index (χ0n) is 13.4. The van der Waals surface area contributed by atoms with E-state index in [1.54, 1.807) is 0 Å². The van der Waals surface area contributed by atoms with Crippen LogP contribution in [0.5, 0.6) is 0 Å². The predicted molar refractivity (Wildman–Crippen MR) is 83.8 cm³/mol. The van der Waals surface area contributed by atoms with E-state index in [-0.39, 0.29) is 0 Å². The van der Waals surface area contributed by atoms with Gasteiger partial charge in [-0.15, -0.1) is 0 Å². The van der Waals surface area contributed by atoms with Crippen LogP contribution in [0.15, 0.2) is 0 Å². The van der Waals surface area contributed by atoms with Gasteiger partial charge in [-0.05, 0) is 58.3 Å². The van der Waals surface area contributed by atoms with Gasteiger partial charge in [-0.2, -0.15) is 0 Å². The van der Waals surface area contributed by atoms with Crippen molar-refractivity contribution in [1.82, 2.24) is 14.7 Å². The van der Waals surface area contributed by atoms with E-state index in [2.05, 4.69) is 28.7 Å². The maximum Gasteiger partial charge on any atom is 0.0388 e. The molecule has 0 aromatic carbocycles. The SMILES string of the molecule is CCC1CN(C)CCCN1C1(CN)CCN2CCC1C2. The minimum atomic E-state index is 0.291. The number of likely N-dealkylation sites (N-methyl/N-ethyl adjacent to an activating group) is 1. The van der Waals surface area contributed by atoms with Crippen LogP contribution in [0.25, 0.3) is 0 Å². The number of hydrogen-bond acceptors (Lipinski definition) is 4. The first-order chi connectivity index (χ1) is 9.69. The molecule has 0 aromatic heterocycles. The highest BCUT2D eigenvalue weighted by Crippen LogP contribution is 2.41. The summed E-state index contributed by atoms with van der Waals surface area (Å²) in [6, 6.07) is 0.693. The van der Waals surface area contributed by atoms with Crippen LogP contribution in [0.3, 0.4) is 0 Å². The third-order valence-corrected chi connectivity index (χ3v) is 6.19. The Morgan fingerprint density at radius 1 is 1.15 bits per heavy atom. The van der Waals surface area contributed by atoms with Crippen molar-refractivity contribution in [3.63, 3.8) is 0 Å². The van der Waals surface area contributed by atoms with Crippen molar-refractivity contribution >= 4 is 0 Å². The summed E-state index contributed by atoms with van der Waals surface area (Å²) in [7, 11) is 2.28. The fourth-order valence-electron chi connectivity index (χ4n) is 4.97. The van der Waals surface area contributed by atoms with Gasteiger partial charge in [0.25, 0.3) is 0 Å². The highest BCUT2D eigenvalue weighted by atomic mass is 15.3. The predicted octanol–water partition coefficient (Wildman–Crippen LogP) is 0.826. The standard InChI is InChI=1S/C16H32N4/c1-3-15-12-18(2)7-4-8-20(15)16(13-17)6-10-19-9-5-14(16)11-19/h14-15H,3-13,17H2,1-2H3. The molecule has 3 aliphatic rings. The third-order valence-electron chi connectivity index (χ3n) is 6.19.